The Balaban J connectivity index is 1.96. The van der Waals surface area contributed by atoms with Crippen molar-refractivity contribution in [1.29, 1.82) is 0 Å². The fourth-order valence-corrected chi connectivity index (χ4v) is 3.53. The van der Waals surface area contributed by atoms with E-state index in [0.29, 0.717) is 16.3 Å². The summed E-state index contributed by atoms with van der Waals surface area (Å²) in [5.41, 5.74) is 1.25. The molecule has 2 aromatic carbocycles. The van der Waals surface area contributed by atoms with Gasteiger partial charge in [-0.05, 0) is 36.8 Å². The number of hydrogen-bond donors (Lipinski definition) is 1. The van der Waals surface area contributed by atoms with E-state index in [1.807, 2.05) is 0 Å². The van der Waals surface area contributed by atoms with Crippen LogP contribution in [0.3, 0.4) is 0 Å². The first-order chi connectivity index (χ1) is 11.3. The molecule has 0 saturated heterocycles. The fourth-order valence-electron chi connectivity index (χ4n) is 1.99. The van der Waals surface area contributed by atoms with Crippen molar-refractivity contribution in [2.24, 2.45) is 0 Å². The number of rotatable bonds is 6. The van der Waals surface area contributed by atoms with E-state index in [0.717, 1.165) is 11.8 Å². The number of benzene rings is 2. The normalized spacial score (nSPS) is 11.3. The van der Waals surface area contributed by atoms with Gasteiger partial charge in [-0.15, -0.1) is 11.8 Å². The summed E-state index contributed by atoms with van der Waals surface area (Å²) in [6.07, 6.45) is 1.32. The van der Waals surface area contributed by atoms with Crippen LogP contribution < -0.4 is 5.32 Å². The lowest BCUT2D eigenvalue weighted by Crippen LogP contribution is -2.13. The average Bonchev–Trinajstić information content (AvgIpc) is 2.50. The van der Waals surface area contributed by atoms with Crippen LogP contribution in [-0.2, 0) is 14.6 Å². The van der Waals surface area contributed by atoms with Crippen LogP contribution in [0.15, 0.2) is 52.3 Å². The lowest BCUT2D eigenvalue weighted by Gasteiger charge is -2.10. The minimum absolute atomic E-state index is 0.157. The molecular weight excluding hydrogens is 349 g/mol. The van der Waals surface area contributed by atoms with Gasteiger partial charge in [0.15, 0.2) is 9.84 Å². The van der Waals surface area contributed by atoms with Gasteiger partial charge in [0, 0.05) is 29.0 Å². The van der Waals surface area contributed by atoms with Crippen molar-refractivity contribution in [3.8, 4) is 0 Å². The summed E-state index contributed by atoms with van der Waals surface area (Å²) in [6, 6.07) is 11.0. The van der Waals surface area contributed by atoms with E-state index in [1.165, 1.54) is 30.0 Å². The average molecular weight is 367 g/mol. The minimum Gasteiger partial charge on any atom is -0.326 e. The molecule has 0 fully saturated rings. The number of aryl methyl sites for hydroxylation is 1. The zero-order valence-corrected chi connectivity index (χ0v) is 15.0. The molecule has 0 aromatic heterocycles. The number of nitrogens with one attached hydrogen (secondary N) is 1. The van der Waals surface area contributed by atoms with Gasteiger partial charge >= 0.3 is 0 Å². The molecule has 128 valence electrons. The predicted octanol–water partition coefficient (Wildman–Crippen LogP) is 3.66. The Morgan fingerprint density at radius 3 is 2.58 bits per heavy atom. The molecule has 1 N–H and O–H groups in total. The van der Waals surface area contributed by atoms with Crippen LogP contribution in [0.4, 0.5) is 10.1 Å². The summed E-state index contributed by atoms with van der Waals surface area (Å²) in [5, 5.41) is 2.71. The Hall–Kier alpha value is -1.86. The lowest BCUT2D eigenvalue weighted by atomic mass is 10.2. The minimum atomic E-state index is -3.33. The first-order valence-electron chi connectivity index (χ1n) is 7.25. The second kappa shape index (κ2) is 7.81. The summed E-state index contributed by atoms with van der Waals surface area (Å²) in [4.78, 5) is 12.7. The lowest BCUT2D eigenvalue weighted by molar-refractivity contribution is -0.115. The maximum absolute atomic E-state index is 13.5. The van der Waals surface area contributed by atoms with Crippen molar-refractivity contribution < 1.29 is 17.6 Å². The van der Waals surface area contributed by atoms with Crippen molar-refractivity contribution in [3.05, 3.63) is 53.8 Å². The number of halogens is 1. The van der Waals surface area contributed by atoms with E-state index in [9.17, 15) is 17.6 Å². The number of carbonyl (C=O) groups is 1. The van der Waals surface area contributed by atoms with E-state index < -0.39 is 9.84 Å². The SMILES string of the molecule is Cc1ccc(S(C)(=O)=O)cc1NC(=O)CCSc1ccccc1F. The zero-order valence-electron chi connectivity index (χ0n) is 13.4. The topological polar surface area (TPSA) is 63.2 Å². The number of thioether (sulfide) groups is 1. The smallest absolute Gasteiger partial charge is 0.225 e. The maximum atomic E-state index is 13.5. The molecule has 0 aliphatic heterocycles. The highest BCUT2D eigenvalue weighted by Crippen LogP contribution is 2.23. The van der Waals surface area contributed by atoms with Crippen LogP contribution in [0.2, 0.25) is 0 Å². The van der Waals surface area contributed by atoms with Crippen LogP contribution in [0, 0.1) is 12.7 Å². The molecule has 2 rings (SSSR count). The molecule has 4 nitrogen and oxygen atoms in total. The molecule has 7 heteroatoms. The van der Waals surface area contributed by atoms with Gasteiger partial charge in [-0.1, -0.05) is 18.2 Å². The Bertz CT molecular complexity index is 851. The van der Waals surface area contributed by atoms with Crippen LogP contribution >= 0.6 is 11.8 Å². The van der Waals surface area contributed by atoms with Crippen molar-refractivity contribution in [1.82, 2.24) is 0 Å². The van der Waals surface area contributed by atoms with Crippen molar-refractivity contribution in [2.45, 2.75) is 23.1 Å². The second-order valence-corrected chi connectivity index (χ2v) is 8.48. The molecule has 0 aliphatic carbocycles. The van der Waals surface area contributed by atoms with Crippen molar-refractivity contribution in [3.63, 3.8) is 0 Å². The fraction of sp³-hybridized carbons (Fsp3) is 0.235. The molecule has 0 aliphatic rings. The highest BCUT2D eigenvalue weighted by Gasteiger charge is 2.11. The number of sulfone groups is 1. The first kappa shape index (κ1) is 18.5. The molecule has 1 amide bonds. The summed E-state index contributed by atoms with van der Waals surface area (Å²) in [6.45, 7) is 1.79. The number of hydrogen-bond acceptors (Lipinski definition) is 4. The summed E-state index contributed by atoms with van der Waals surface area (Å²) < 4.78 is 36.7. The largest absolute Gasteiger partial charge is 0.326 e. The van der Waals surface area contributed by atoms with E-state index in [1.54, 1.807) is 31.2 Å². The van der Waals surface area contributed by atoms with Crippen LogP contribution in [0.25, 0.3) is 0 Å². The van der Waals surface area contributed by atoms with E-state index in [-0.39, 0.29) is 23.0 Å². The Labute approximate surface area is 145 Å². The van der Waals surface area contributed by atoms with Gasteiger partial charge in [-0.3, -0.25) is 4.79 Å². The summed E-state index contributed by atoms with van der Waals surface area (Å²) in [7, 11) is -3.33. The van der Waals surface area contributed by atoms with Crippen molar-refractivity contribution in [2.75, 3.05) is 17.3 Å². The van der Waals surface area contributed by atoms with Gasteiger partial charge in [0.1, 0.15) is 5.82 Å². The van der Waals surface area contributed by atoms with Gasteiger partial charge < -0.3 is 5.32 Å². The van der Waals surface area contributed by atoms with Crippen LogP contribution in [-0.4, -0.2) is 26.3 Å². The number of carbonyl (C=O) groups excluding carboxylic acids is 1. The third-order valence-electron chi connectivity index (χ3n) is 3.33. The summed E-state index contributed by atoms with van der Waals surface area (Å²) >= 11 is 1.27. The molecule has 2 aromatic rings. The van der Waals surface area contributed by atoms with Gasteiger partial charge in [-0.25, -0.2) is 12.8 Å². The molecule has 0 atom stereocenters. The summed E-state index contributed by atoms with van der Waals surface area (Å²) in [5.74, 6) is -0.121. The zero-order chi connectivity index (χ0) is 17.7. The molecular formula is C17H18FNO3S2. The highest BCUT2D eigenvalue weighted by atomic mass is 32.2. The number of amides is 1. The molecule has 0 bridgehead atoms. The Morgan fingerprint density at radius 2 is 1.92 bits per heavy atom. The van der Waals surface area contributed by atoms with Gasteiger partial charge in [0.2, 0.25) is 5.91 Å². The van der Waals surface area contributed by atoms with Crippen LogP contribution in [0.5, 0.6) is 0 Å². The van der Waals surface area contributed by atoms with E-state index in [4.69, 9.17) is 0 Å². The molecule has 24 heavy (non-hydrogen) atoms. The molecule has 0 unspecified atom stereocenters. The third-order valence-corrected chi connectivity index (χ3v) is 5.50. The predicted molar refractivity (Wildman–Crippen MR) is 94.7 cm³/mol. The van der Waals surface area contributed by atoms with E-state index >= 15 is 0 Å². The van der Waals surface area contributed by atoms with Gasteiger partial charge in [0.05, 0.1) is 4.90 Å². The monoisotopic (exact) mass is 367 g/mol. The first-order valence-corrected chi connectivity index (χ1v) is 10.1. The molecule has 0 spiro atoms. The van der Waals surface area contributed by atoms with Crippen LogP contribution in [0.1, 0.15) is 12.0 Å². The maximum Gasteiger partial charge on any atom is 0.225 e. The number of anilines is 1. The second-order valence-electron chi connectivity index (χ2n) is 5.33. The van der Waals surface area contributed by atoms with Gasteiger partial charge in [0.25, 0.3) is 0 Å². The standard InChI is InChI=1S/C17H18FNO3S2/c1-12-7-8-13(24(2,21)22)11-15(12)19-17(20)9-10-23-16-6-4-3-5-14(16)18/h3-8,11H,9-10H2,1-2H3,(H,19,20). The van der Waals surface area contributed by atoms with Gasteiger partial charge in [-0.2, -0.15) is 0 Å². The highest BCUT2D eigenvalue weighted by molar-refractivity contribution is 7.99. The quantitative estimate of drug-likeness (QED) is 0.792. The van der Waals surface area contributed by atoms with E-state index in [2.05, 4.69) is 5.32 Å². The van der Waals surface area contributed by atoms with Crippen molar-refractivity contribution >= 4 is 33.2 Å². The Morgan fingerprint density at radius 1 is 1.21 bits per heavy atom. The molecule has 0 saturated carbocycles. The third kappa shape index (κ3) is 5.07. The Kier molecular flexibility index (Phi) is 6.01. The molecule has 0 radical (unpaired) electrons. The molecule has 0 heterocycles.